The van der Waals surface area contributed by atoms with Crippen molar-refractivity contribution in [2.24, 2.45) is 0 Å². The topological polar surface area (TPSA) is 41.1 Å². The Morgan fingerprint density at radius 2 is 1.93 bits per heavy atom. The van der Waals surface area contributed by atoms with Crippen molar-refractivity contribution in [1.82, 2.24) is 10.6 Å². The van der Waals surface area contributed by atoms with Gasteiger partial charge in [-0.1, -0.05) is 28.1 Å². The van der Waals surface area contributed by atoms with E-state index < -0.39 is 0 Å². The van der Waals surface area contributed by atoms with Crippen LogP contribution in [-0.4, -0.2) is 19.1 Å². The van der Waals surface area contributed by atoms with Crippen molar-refractivity contribution >= 4 is 22.0 Å². The largest absolute Gasteiger partial charge is 0.338 e. The quantitative estimate of drug-likeness (QED) is 0.866. The number of hydrogen-bond acceptors (Lipinski definition) is 1. The van der Waals surface area contributed by atoms with Gasteiger partial charge in [-0.15, -0.1) is 0 Å². The molecule has 0 unspecified atom stereocenters. The summed E-state index contributed by atoms with van der Waals surface area (Å²) in [6, 6.07) is 7.99. The van der Waals surface area contributed by atoms with Gasteiger partial charge in [0.05, 0.1) is 0 Å². The standard InChI is InChI=1S/C11H15BrN2O/c1-2-13-11(15)14-8-7-9-3-5-10(12)6-4-9/h3-6H,2,7-8H2,1H3,(H2,13,14,15). The predicted molar refractivity (Wildman–Crippen MR) is 64.9 cm³/mol. The highest BCUT2D eigenvalue weighted by Gasteiger charge is 1.97. The predicted octanol–water partition coefficient (Wildman–Crippen LogP) is 2.31. The molecule has 1 rings (SSSR count). The van der Waals surface area contributed by atoms with Gasteiger partial charge in [-0.2, -0.15) is 0 Å². The zero-order valence-electron chi connectivity index (χ0n) is 8.72. The Labute approximate surface area is 98.4 Å². The Bertz CT molecular complexity index is 311. The van der Waals surface area contributed by atoms with Gasteiger partial charge >= 0.3 is 6.03 Å². The minimum atomic E-state index is -0.102. The number of carbonyl (C=O) groups is 1. The highest BCUT2D eigenvalue weighted by Crippen LogP contribution is 2.10. The third-order valence-electron chi connectivity index (χ3n) is 1.95. The van der Waals surface area contributed by atoms with Crippen LogP contribution in [0.2, 0.25) is 0 Å². The van der Waals surface area contributed by atoms with Crippen molar-refractivity contribution in [3.8, 4) is 0 Å². The summed E-state index contributed by atoms with van der Waals surface area (Å²) in [5.74, 6) is 0. The van der Waals surface area contributed by atoms with Gasteiger partial charge in [0, 0.05) is 17.6 Å². The van der Waals surface area contributed by atoms with Crippen molar-refractivity contribution in [3.05, 3.63) is 34.3 Å². The summed E-state index contributed by atoms with van der Waals surface area (Å²) < 4.78 is 1.07. The molecule has 2 N–H and O–H groups in total. The molecular weight excluding hydrogens is 256 g/mol. The first-order chi connectivity index (χ1) is 7.22. The van der Waals surface area contributed by atoms with E-state index in [1.54, 1.807) is 0 Å². The Kier molecular flexibility index (Phi) is 5.18. The van der Waals surface area contributed by atoms with Gasteiger partial charge in [-0.05, 0) is 31.0 Å². The van der Waals surface area contributed by atoms with E-state index in [0.717, 1.165) is 10.9 Å². The first-order valence-electron chi connectivity index (χ1n) is 4.98. The molecule has 0 atom stereocenters. The third-order valence-corrected chi connectivity index (χ3v) is 2.48. The highest BCUT2D eigenvalue weighted by molar-refractivity contribution is 9.10. The second-order valence-electron chi connectivity index (χ2n) is 3.16. The van der Waals surface area contributed by atoms with Crippen LogP contribution in [-0.2, 0) is 6.42 Å². The summed E-state index contributed by atoms with van der Waals surface area (Å²) >= 11 is 3.38. The number of urea groups is 1. The molecule has 1 aromatic rings. The summed E-state index contributed by atoms with van der Waals surface area (Å²) in [4.78, 5) is 11.1. The maximum Gasteiger partial charge on any atom is 0.314 e. The molecule has 82 valence electrons. The number of carbonyl (C=O) groups excluding carboxylic acids is 1. The van der Waals surface area contributed by atoms with E-state index in [2.05, 4.69) is 26.6 Å². The number of nitrogens with one attached hydrogen (secondary N) is 2. The molecule has 0 aliphatic heterocycles. The van der Waals surface area contributed by atoms with E-state index in [-0.39, 0.29) is 6.03 Å². The van der Waals surface area contributed by atoms with Crippen molar-refractivity contribution in [2.45, 2.75) is 13.3 Å². The second kappa shape index (κ2) is 6.45. The fourth-order valence-electron chi connectivity index (χ4n) is 1.19. The molecule has 0 fully saturated rings. The summed E-state index contributed by atoms with van der Waals surface area (Å²) in [5.41, 5.74) is 1.22. The van der Waals surface area contributed by atoms with E-state index in [0.29, 0.717) is 13.1 Å². The van der Waals surface area contributed by atoms with Crippen LogP contribution in [0.1, 0.15) is 12.5 Å². The molecule has 0 bridgehead atoms. The fraction of sp³-hybridized carbons (Fsp3) is 0.364. The van der Waals surface area contributed by atoms with E-state index in [1.165, 1.54) is 5.56 Å². The minimum Gasteiger partial charge on any atom is -0.338 e. The zero-order chi connectivity index (χ0) is 11.1. The van der Waals surface area contributed by atoms with Crippen molar-refractivity contribution in [3.63, 3.8) is 0 Å². The van der Waals surface area contributed by atoms with E-state index in [4.69, 9.17) is 0 Å². The van der Waals surface area contributed by atoms with Crippen LogP contribution in [0.5, 0.6) is 0 Å². The van der Waals surface area contributed by atoms with Gasteiger partial charge in [0.2, 0.25) is 0 Å². The Hall–Kier alpha value is -1.03. The molecule has 0 radical (unpaired) electrons. The molecule has 0 saturated carbocycles. The van der Waals surface area contributed by atoms with Gasteiger partial charge in [0.1, 0.15) is 0 Å². The lowest BCUT2D eigenvalue weighted by Gasteiger charge is -2.05. The van der Waals surface area contributed by atoms with Crippen LogP contribution < -0.4 is 10.6 Å². The Morgan fingerprint density at radius 1 is 1.27 bits per heavy atom. The van der Waals surface area contributed by atoms with E-state index in [1.807, 2.05) is 31.2 Å². The zero-order valence-corrected chi connectivity index (χ0v) is 10.3. The normalized spacial score (nSPS) is 9.73. The molecule has 0 saturated heterocycles. The van der Waals surface area contributed by atoms with Crippen LogP contribution in [0.4, 0.5) is 4.79 Å². The highest BCUT2D eigenvalue weighted by atomic mass is 79.9. The SMILES string of the molecule is CCNC(=O)NCCc1ccc(Br)cc1. The lowest BCUT2D eigenvalue weighted by Crippen LogP contribution is -2.36. The average molecular weight is 271 g/mol. The third kappa shape index (κ3) is 4.83. The molecule has 4 heteroatoms. The Balaban J connectivity index is 2.26. The first kappa shape index (κ1) is 12.0. The summed E-state index contributed by atoms with van der Waals surface area (Å²) in [6.07, 6.45) is 0.852. The maximum absolute atomic E-state index is 11.1. The van der Waals surface area contributed by atoms with Crippen LogP contribution in [0, 0.1) is 0 Å². The minimum absolute atomic E-state index is 0.102. The fourth-order valence-corrected chi connectivity index (χ4v) is 1.46. The smallest absolute Gasteiger partial charge is 0.314 e. The van der Waals surface area contributed by atoms with Crippen molar-refractivity contribution < 1.29 is 4.79 Å². The molecule has 0 aliphatic carbocycles. The number of hydrogen-bond donors (Lipinski definition) is 2. The van der Waals surface area contributed by atoms with E-state index >= 15 is 0 Å². The monoisotopic (exact) mass is 270 g/mol. The van der Waals surface area contributed by atoms with Gasteiger partial charge in [-0.3, -0.25) is 0 Å². The molecule has 2 amide bonds. The van der Waals surface area contributed by atoms with Crippen LogP contribution in [0.25, 0.3) is 0 Å². The molecule has 0 aliphatic rings. The van der Waals surface area contributed by atoms with Gasteiger partial charge < -0.3 is 10.6 Å². The van der Waals surface area contributed by atoms with Crippen molar-refractivity contribution in [1.29, 1.82) is 0 Å². The summed E-state index contributed by atoms with van der Waals surface area (Å²) in [6.45, 7) is 3.21. The van der Waals surface area contributed by atoms with Crippen LogP contribution >= 0.6 is 15.9 Å². The van der Waals surface area contributed by atoms with E-state index in [9.17, 15) is 4.79 Å². The van der Waals surface area contributed by atoms with Crippen molar-refractivity contribution in [2.75, 3.05) is 13.1 Å². The molecule has 15 heavy (non-hydrogen) atoms. The molecular formula is C11H15BrN2O. The molecule has 0 heterocycles. The first-order valence-corrected chi connectivity index (χ1v) is 5.78. The molecule has 0 aromatic heterocycles. The lowest BCUT2D eigenvalue weighted by atomic mass is 10.1. The Morgan fingerprint density at radius 3 is 2.53 bits per heavy atom. The second-order valence-corrected chi connectivity index (χ2v) is 4.08. The van der Waals surface area contributed by atoms with Gasteiger partial charge in [-0.25, -0.2) is 4.79 Å². The average Bonchev–Trinajstić information content (AvgIpc) is 2.21. The number of amides is 2. The maximum atomic E-state index is 11.1. The number of rotatable bonds is 4. The number of benzene rings is 1. The summed E-state index contributed by atoms with van der Waals surface area (Å²) in [7, 11) is 0. The lowest BCUT2D eigenvalue weighted by molar-refractivity contribution is 0.241. The summed E-state index contributed by atoms with van der Waals surface area (Å²) in [5, 5.41) is 5.47. The number of halogens is 1. The molecule has 0 spiro atoms. The van der Waals surface area contributed by atoms with Gasteiger partial charge in [0.15, 0.2) is 0 Å². The van der Waals surface area contributed by atoms with Crippen LogP contribution in [0.15, 0.2) is 28.7 Å². The van der Waals surface area contributed by atoms with Crippen LogP contribution in [0.3, 0.4) is 0 Å². The molecule has 1 aromatic carbocycles. The van der Waals surface area contributed by atoms with Gasteiger partial charge in [0.25, 0.3) is 0 Å². The molecule has 3 nitrogen and oxygen atoms in total.